The first-order valence-electron chi connectivity index (χ1n) is 10.8. The summed E-state index contributed by atoms with van der Waals surface area (Å²) in [6, 6.07) is 31.2. The summed E-state index contributed by atoms with van der Waals surface area (Å²) in [4.78, 5) is 2.76. The van der Waals surface area contributed by atoms with Crippen LogP contribution in [-0.2, 0) is 18.5 Å². The number of para-hydroxylation sites is 1. The molecule has 2 aliphatic rings. The Labute approximate surface area is 172 Å². The predicted molar refractivity (Wildman–Crippen MR) is 119 cm³/mol. The van der Waals surface area contributed by atoms with Gasteiger partial charge in [-0.1, -0.05) is 78.9 Å². The fourth-order valence-electron chi connectivity index (χ4n) is 5.90. The molecule has 2 heteroatoms. The molecule has 2 nitrogen and oxygen atoms in total. The fourth-order valence-corrected chi connectivity index (χ4v) is 5.90. The average Bonchev–Trinajstić information content (AvgIpc) is 3.36. The summed E-state index contributed by atoms with van der Waals surface area (Å²) in [5.41, 5.74) is 7.31. The molecule has 1 atom stereocenters. The van der Waals surface area contributed by atoms with Gasteiger partial charge in [0.05, 0.1) is 5.54 Å². The van der Waals surface area contributed by atoms with Gasteiger partial charge in [0.2, 0.25) is 0 Å². The lowest BCUT2D eigenvalue weighted by Gasteiger charge is -2.44. The molecule has 1 aromatic heterocycles. The van der Waals surface area contributed by atoms with Crippen molar-refractivity contribution in [1.82, 2.24) is 9.47 Å². The minimum atomic E-state index is 0.00262. The van der Waals surface area contributed by atoms with Crippen molar-refractivity contribution in [2.24, 2.45) is 0 Å². The molecular weight excluding hydrogens is 352 g/mol. The number of fused-ring (bicyclic) bond motifs is 5. The summed E-state index contributed by atoms with van der Waals surface area (Å²) in [6.45, 7) is 3.28. The molecule has 0 unspecified atom stereocenters. The SMILES string of the molecule is c1ccc(Cn2c3c(c4ccccc42)CCN2CCC[C@@]32c2ccccc2)cc1. The third-order valence-electron chi connectivity index (χ3n) is 7.04. The second kappa shape index (κ2) is 6.60. The van der Waals surface area contributed by atoms with Crippen molar-refractivity contribution in [3.63, 3.8) is 0 Å². The summed E-state index contributed by atoms with van der Waals surface area (Å²) in [7, 11) is 0. The van der Waals surface area contributed by atoms with Crippen LogP contribution in [0.1, 0.15) is 35.2 Å². The van der Waals surface area contributed by atoms with Gasteiger partial charge in [-0.05, 0) is 48.6 Å². The molecule has 6 rings (SSSR count). The molecule has 29 heavy (non-hydrogen) atoms. The normalized spacial score (nSPS) is 21.2. The number of hydrogen-bond donors (Lipinski definition) is 0. The van der Waals surface area contributed by atoms with Crippen molar-refractivity contribution in [3.05, 3.63) is 107 Å². The van der Waals surface area contributed by atoms with E-state index in [1.54, 1.807) is 5.56 Å². The molecule has 2 aliphatic heterocycles. The Balaban J connectivity index is 1.66. The highest BCUT2D eigenvalue weighted by Crippen LogP contribution is 2.50. The quantitative estimate of drug-likeness (QED) is 0.451. The first kappa shape index (κ1) is 17.1. The lowest BCUT2D eigenvalue weighted by Crippen LogP contribution is -2.48. The second-order valence-electron chi connectivity index (χ2n) is 8.48. The smallest absolute Gasteiger partial charge is 0.0872 e. The molecule has 0 N–H and O–H groups in total. The van der Waals surface area contributed by atoms with E-state index in [2.05, 4.69) is 94.4 Å². The van der Waals surface area contributed by atoms with Gasteiger partial charge in [-0.2, -0.15) is 0 Å². The Hall–Kier alpha value is -2.84. The van der Waals surface area contributed by atoms with E-state index < -0.39 is 0 Å². The zero-order valence-corrected chi connectivity index (χ0v) is 16.7. The Morgan fingerprint density at radius 3 is 2.31 bits per heavy atom. The van der Waals surface area contributed by atoms with Crippen molar-refractivity contribution >= 4 is 10.9 Å². The van der Waals surface area contributed by atoms with Crippen LogP contribution in [0.25, 0.3) is 10.9 Å². The van der Waals surface area contributed by atoms with E-state index >= 15 is 0 Å². The average molecular weight is 379 g/mol. The zero-order valence-electron chi connectivity index (χ0n) is 16.7. The number of benzene rings is 3. The van der Waals surface area contributed by atoms with E-state index in [4.69, 9.17) is 0 Å². The van der Waals surface area contributed by atoms with E-state index in [9.17, 15) is 0 Å². The van der Waals surface area contributed by atoms with Crippen LogP contribution in [-0.4, -0.2) is 22.6 Å². The van der Waals surface area contributed by atoms with Crippen LogP contribution in [0.5, 0.6) is 0 Å². The van der Waals surface area contributed by atoms with E-state index in [0.717, 1.165) is 19.5 Å². The Bertz CT molecular complexity index is 1160. The molecule has 4 aromatic rings. The zero-order chi connectivity index (χ0) is 19.3. The van der Waals surface area contributed by atoms with Crippen LogP contribution in [0, 0.1) is 0 Å². The van der Waals surface area contributed by atoms with Gasteiger partial charge in [-0.25, -0.2) is 0 Å². The lowest BCUT2D eigenvalue weighted by molar-refractivity contribution is 0.155. The van der Waals surface area contributed by atoms with E-state index in [1.807, 2.05) is 0 Å². The predicted octanol–water partition coefficient (Wildman–Crippen LogP) is 5.59. The molecule has 1 saturated heterocycles. The van der Waals surface area contributed by atoms with Gasteiger partial charge < -0.3 is 4.57 Å². The molecular formula is C27H26N2. The molecule has 0 radical (unpaired) electrons. The van der Waals surface area contributed by atoms with Gasteiger partial charge in [0, 0.05) is 29.7 Å². The highest BCUT2D eigenvalue weighted by Gasteiger charge is 2.49. The van der Waals surface area contributed by atoms with E-state index in [1.165, 1.54) is 47.1 Å². The van der Waals surface area contributed by atoms with Gasteiger partial charge >= 0.3 is 0 Å². The molecule has 0 aliphatic carbocycles. The van der Waals surface area contributed by atoms with Gasteiger partial charge in [-0.15, -0.1) is 0 Å². The van der Waals surface area contributed by atoms with Crippen molar-refractivity contribution in [2.75, 3.05) is 13.1 Å². The molecule has 0 spiro atoms. The molecule has 3 aromatic carbocycles. The van der Waals surface area contributed by atoms with Crippen LogP contribution in [0.15, 0.2) is 84.9 Å². The third kappa shape index (κ3) is 2.45. The Morgan fingerprint density at radius 1 is 0.759 bits per heavy atom. The van der Waals surface area contributed by atoms with E-state index in [0.29, 0.717) is 0 Å². The molecule has 3 heterocycles. The fraction of sp³-hybridized carbons (Fsp3) is 0.259. The van der Waals surface area contributed by atoms with Crippen molar-refractivity contribution in [1.29, 1.82) is 0 Å². The highest BCUT2D eigenvalue weighted by molar-refractivity contribution is 5.87. The Kier molecular flexibility index (Phi) is 3.88. The molecule has 0 saturated carbocycles. The maximum absolute atomic E-state index is 2.76. The number of rotatable bonds is 3. The topological polar surface area (TPSA) is 8.17 Å². The van der Waals surface area contributed by atoms with Gasteiger partial charge in [0.15, 0.2) is 0 Å². The molecule has 1 fully saturated rings. The first-order chi connectivity index (χ1) is 14.4. The number of hydrogen-bond acceptors (Lipinski definition) is 1. The highest BCUT2D eigenvalue weighted by atomic mass is 15.3. The van der Waals surface area contributed by atoms with Gasteiger partial charge in [0.1, 0.15) is 0 Å². The number of nitrogens with zero attached hydrogens (tertiary/aromatic N) is 2. The molecule has 0 amide bonds. The standard InChI is InChI=1S/C27H26N2/c1-3-10-21(11-4-1)20-29-25-15-8-7-14-23(25)24-16-19-28-18-9-17-27(28,26(24)29)22-12-5-2-6-13-22/h1-8,10-15H,9,16-20H2/t27-/m1/s1. The van der Waals surface area contributed by atoms with Gasteiger partial charge in [0.25, 0.3) is 0 Å². The summed E-state index contributed by atoms with van der Waals surface area (Å²) in [5.74, 6) is 0. The Morgan fingerprint density at radius 2 is 1.48 bits per heavy atom. The molecule has 0 bridgehead atoms. The minimum absolute atomic E-state index is 0.00262. The maximum atomic E-state index is 2.76. The third-order valence-corrected chi connectivity index (χ3v) is 7.04. The summed E-state index contributed by atoms with van der Waals surface area (Å²) >= 11 is 0. The lowest BCUT2D eigenvalue weighted by atomic mass is 9.79. The monoisotopic (exact) mass is 378 g/mol. The number of aromatic nitrogens is 1. The van der Waals surface area contributed by atoms with Crippen molar-refractivity contribution < 1.29 is 0 Å². The van der Waals surface area contributed by atoms with Crippen LogP contribution >= 0.6 is 0 Å². The second-order valence-corrected chi connectivity index (χ2v) is 8.48. The van der Waals surface area contributed by atoms with Crippen LogP contribution in [0.2, 0.25) is 0 Å². The summed E-state index contributed by atoms with van der Waals surface area (Å²) in [5, 5.41) is 1.44. The minimum Gasteiger partial charge on any atom is -0.338 e. The summed E-state index contributed by atoms with van der Waals surface area (Å²) in [6.07, 6.45) is 3.61. The van der Waals surface area contributed by atoms with Crippen molar-refractivity contribution in [3.8, 4) is 0 Å². The van der Waals surface area contributed by atoms with Crippen molar-refractivity contribution in [2.45, 2.75) is 31.3 Å². The first-order valence-corrected chi connectivity index (χ1v) is 10.8. The van der Waals surface area contributed by atoms with E-state index in [-0.39, 0.29) is 5.54 Å². The molecule has 144 valence electrons. The summed E-state index contributed by atoms with van der Waals surface area (Å²) < 4.78 is 2.63. The van der Waals surface area contributed by atoms with Crippen LogP contribution < -0.4 is 0 Å². The largest absolute Gasteiger partial charge is 0.338 e. The van der Waals surface area contributed by atoms with Crippen LogP contribution in [0.4, 0.5) is 0 Å². The van der Waals surface area contributed by atoms with Gasteiger partial charge in [-0.3, -0.25) is 4.90 Å². The van der Waals surface area contributed by atoms with Crippen LogP contribution in [0.3, 0.4) is 0 Å². The maximum Gasteiger partial charge on any atom is 0.0872 e.